The molecule has 1 unspecified atom stereocenters. The Morgan fingerprint density at radius 1 is 1.16 bits per heavy atom. The van der Waals surface area contributed by atoms with Crippen molar-refractivity contribution in [2.24, 2.45) is 0 Å². The molecule has 0 aromatic carbocycles. The Balaban J connectivity index is 2.66. The van der Waals surface area contributed by atoms with Gasteiger partial charge >= 0.3 is 5.97 Å². The monoisotopic (exact) mass is 266 g/mol. The Kier molecular flexibility index (Phi) is 7.31. The molecule has 0 bridgehead atoms. The molecule has 1 aromatic heterocycles. The number of aromatic carboxylic acids is 1. The number of furan rings is 1. The van der Waals surface area contributed by atoms with Crippen LogP contribution in [0.4, 0.5) is 0 Å². The zero-order chi connectivity index (χ0) is 14.1. The van der Waals surface area contributed by atoms with Crippen LogP contribution >= 0.6 is 0 Å². The van der Waals surface area contributed by atoms with Gasteiger partial charge in [0.05, 0.1) is 6.26 Å². The van der Waals surface area contributed by atoms with Gasteiger partial charge in [0.15, 0.2) is 0 Å². The molecule has 0 aliphatic carbocycles. The van der Waals surface area contributed by atoms with Gasteiger partial charge in [0.25, 0.3) is 0 Å². The highest BCUT2D eigenvalue weighted by Gasteiger charge is 2.21. The largest absolute Gasteiger partial charge is 0.475 e. The fraction of sp³-hybridized carbons (Fsp3) is 0.688. The SMILES string of the molecule is CCCCCCC(CCCC)c1ccoc1C(=O)O. The lowest BCUT2D eigenvalue weighted by Gasteiger charge is -2.15. The van der Waals surface area contributed by atoms with Crippen molar-refractivity contribution in [3.63, 3.8) is 0 Å². The zero-order valence-electron chi connectivity index (χ0n) is 12.2. The van der Waals surface area contributed by atoms with Gasteiger partial charge in [-0.2, -0.15) is 0 Å². The number of carbonyl (C=O) groups is 1. The van der Waals surface area contributed by atoms with Gasteiger partial charge in [-0.3, -0.25) is 0 Å². The standard InChI is InChI=1S/C16H26O3/c1-3-5-7-8-10-13(9-6-4-2)14-11-12-19-15(14)16(17)18/h11-13H,3-10H2,1-2H3,(H,17,18). The summed E-state index contributed by atoms with van der Waals surface area (Å²) in [4.78, 5) is 11.1. The molecule has 1 atom stereocenters. The van der Waals surface area contributed by atoms with Gasteiger partial charge in [0.2, 0.25) is 5.76 Å². The first-order valence-electron chi connectivity index (χ1n) is 7.51. The lowest BCUT2D eigenvalue weighted by molar-refractivity contribution is 0.0659. The maximum Gasteiger partial charge on any atom is 0.372 e. The Labute approximate surface area is 116 Å². The van der Waals surface area contributed by atoms with E-state index in [0.717, 1.165) is 31.2 Å². The van der Waals surface area contributed by atoms with Gasteiger partial charge in [-0.25, -0.2) is 4.79 Å². The minimum atomic E-state index is -0.949. The summed E-state index contributed by atoms with van der Waals surface area (Å²) in [5, 5.41) is 9.14. The number of hydrogen-bond acceptors (Lipinski definition) is 2. The van der Waals surface area contributed by atoms with E-state index in [4.69, 9.17) is 9.52 Å². The zero-order valence-corrected chi connectivity index (χ0v) is 12.2. The summed E-state index contributed by atoms with van der Waals surface area (Å²) in [6, 6.07) is 1.84. The van der Waals surface area contributed by atoms with Crippen molar-refractivity contribution in [1.29, 1.82) is 0 Å². The van der Waals surface area contributed by atoms with Gasteiger partial charge in [0.1, 0.15) is 0 Å². The highest BCUT2D eigenvalue weighted by molar-refractivity contribution is 5.86. The molecule has 1 rings (SSSR count). The summed E-state index contributed by atoms with van der Waals surface area (Å²) < 4.78 is 5.11. The average molecular weight is 266 g/mol. The summed E-state index contributed by atoms with van der Waals surface area (Å²) in [6.45, 7) is 4.37. The maximum absolute atomic E-state index is 11.1. The van der Waals surface area contributed by atoms with Crippen LogP contribution in [0.3, 0.4) is 0 Å². The topological polar surface area (TPSA) is 50.4 Å². The van der Waals surface area contributed by atoms with Crippen LogP contribution < -0.4 is 0 Å². The normalized spacial score (nSPS) is 12.5. The molecule has 0 fully saturated rings. The number of rotatable bonds is 10. The summed E-state index contributed by atoms with van der Waals surface area (Å²) >= 11 is 0. The van der Waals surface area contributed by atoms with Crippen molar-refractivity contribution in [1.82, 2.24) is 0 Å². The third kappa shape index (κ3) is 5.09. The molecule has 3 heteroatoms. The second-order valence-corrected chi connectivity index (χ2v) is 5.20. The van der Waals surface area contributed by atoms with Crippen LogP contribution in [0.5, 0.6) is 0 Å². The van der Waals surface area contributed by atoms with Gasteiger partial charge in [-0.1, -0.05) is 52.4 Å². The summed E-state index contributed by atoms with van der Waals surface area (Å²) in [5.74, 6) is -0.478. The van der Waals surface area contributed by atoms with Gasteiger partial charge < -0.3 is 9.52 Å². The van der Waals surface area contributed by atoms with Gasteiger partial charge in [-0.05, 0) is 24.8 Å². The van der Waals surface area contributed by atoms with Crippen molar-refractivity contribution in [2.75, 3.05) is 0 Å². The highest BCUT2D eigenvalue weighted by Crippen LogP contribution is 2.31. The van der Waals surface area contributed by atoms with Crippen molar-refractivity contribution in [3.05, 3.63) is 23.7 Å². The molecular formula is C16H26O3. The second kappa shape index (κ2) is 8.78. The van der Waals surface area contributed by atoms with Crippen LogP contribution in [-0.4, -0.2) is 11.1 Å². The van der Waals surface area contributed by atoms with E-state index in [1.54, 1.807) is 0 Å². The molecule has 0 radical (unpaired) electrons. The van der Waals surface area contributed by atoms with E-state index in [1.165, 1.54) is 31.9 Å². The maximum atomic E-state index is 11.1. The van der Waals surface area contributed by atoms with Crippen LogP contribution in [0.2, 0.25) is 0 Å². The van der Waals surface area contributed by atoms with E-state index < -0.39 is 5.97 Å². The molecule has 0 spiro atoms. The van der Waals surface area contributed by atoms with E-state index in [1.807, 2.05) is 6.07 Å². The first kappa shape index (κ1) is 15.8. The van der Waals surface area contributed by atoms with Crippen LogP contribution in [0.15, 0.2) is 16.7 Å². The molecule has 19 heavy (non-hydrogen) atoms. The molecule has 0 saturated carbocycles. The summed E-state index contributed by atoms with van der Waals surface area (Å²) in [6.07, 6.45) is 10.8. The Morgan fingerprint density at radius 2 is 1.84 bits per heavy atom. The second-order valence-electron chi connectivity index (χ2n) is 5.20. The average Bonchev–Trinajstić information content (AvgIpc) is 2.87. The van der Waals surface area contributed by atoms with E-state index in [2.05, 4.69) is 13.8 Å². The Morgan fingerprint density at radius 3 is 2.47 bits per heavy atom. The summed E-state index contributed by atoms with van der Waals surface area (Å²) in [5.41, 5.74) is 0.887. The Hall–Kier alpha value is -1.25. The van der Waals surface area contributed by atoms with Crippen LogP contribution in [-0.2, 0) is 0 Å². The third-order valence-corrected chi connectivity index (χ3v) is 3.64. The number of carboxylic acid groups (broad SMARTS) is 1. The van der Waals surface area contributed by atoms with Crippen molar-refractivity contribution >= 4 is 5.97 Å². The molecule has 0 saturated heterocycles. The minimum absolute atomic E-state index is 0.136. The van der Waals surface area contributed by atoms with E-state index >= 15 is 0 Å². The molecule has 0 amide bonds. The molecule has 1 aromatic rings. The van der Waals surface area contributed by atoms with E-state index in [-0.39, 0.29) is 5.76 Å². The quantitative estimate of drug-likeness (QED) is 0.590. The molecule has 1 N–H and O–H groups in total. The van der Waals surface area contributed by atoms with Crippen molar-refractivity contribution in [3.8, 4) is 0 Å². The van der Waals surface area contributed by atoms with Crippen LogP contribution in [0.25, 0.3) is 0 Å². The molecular weight excluding hydrogens is 240 g/mol. The van der Waals surface area contributed by atoms with Gasteiger partial charge in [-0.15, -0.1) is 0 Å². The number of hydrogen-bond donors (Lipinski definition) is 1. The minimum Gasteiger partial charge on any atom is -0.475 e. The molecule has 3 nitrogen and oxygen atoms in total. The predicted octanol–water partition coefficient (Wildman–Crippen LogP) is 5.22. The fourth-order valence-corrected chi connectivity index (χ4v) is 2.54. The first-order valence-corrected chi connectivity index (χ1v) is 7.51. The van der Waals surface area contributed by atoms with Crippen molar-refractivity contribution in [2.45, 2.75) is 71.1 Å². The van der Waals surface area contributed by atoms with Crippen LogP contribution in [0.1, 0.15) is 87.3 Å². The summed E-state index contributed by atoms with van der Waals surface area (Å²) in [7, 11) is 0. The lowest BCUT2D eigenvalue weighted by atomic mass is 9.88. The van der Waals surface area contributed by atoms with Crippen LogP contribution in [0, 0.1) is 0 Å². The lowest BCUT2D eigenvalue weighted by Crippen LogP contribution is -2.05. The highest BCUT2D eigenvalue weighted by atomic mass is 16.4. The van der Waals surface area contributed by atoms with Crippen molar-refractivity contribution < 1.29 is 14.3 Å². The third-order valence-electron chi connectivity index (χ3n) is 3.64. The molecule has 0 aliphatic rings. The smallest absolute Gasteiger partial charge is 0.372 e. The van der Waals surface area contributed by atoms with E-state index in [9.17, 15) is 4.79 Å². The first-order chi connectivity index (χ1) is 9.20. The predicted molar refractivity (Wildman–Crippen MR) is 76.7 cm³/mol. The molecule has 108 valence electrons. The van der Waals surface area contributed by atoms with E-state index in [0.29, 0.717) is 5.92 Å². The molecule has 0 aliphatic heterocycles. The fourth-order valence-electron chi connectivity index (χ4n) is 2.54. The molecule has 1 heterocycles. The van der Waals surface area contributed by atoms with Gasteiger partial charge in [0, 0.05) is 5.56 Å². The Bertz CT molecular complexity index is 368. The number of unbranched alkanes of at least 4 members (excludes halogenated alkanes) is 4. The number of carboxylic acids is 1.